The lowest BCUT2D eigenvalue weighted by Crippen LogP contribution is -2.02. The Morgan fingerprint density at radius 3 is 2.59 bits per heavy atom. The average Bonchev–Trinajstić information content (AvgIpc) is 2.68. The maximum absolute atomic E-state index is 5.72. The van der Waals surface area contributed by atoms with Crippen LogP contribution in [0.1, 0.15) is 23.6 Å². The molecule has 0 aliphatic rings. The number of nitrogens with zero attached hydrogens (tertiary/aromatic N) is 1. The molecular weight excluding hydrogens is 230 g/mol. The number of rotatable bonds is 4. The van der Waals surface area contributed by atoms with E-state index in [4.69, 9.17) is 5.73 Å². The third kappa shape index (κ3) is 2.58. The number of nitrogens with one attached hydrogen (secondary N) is 1. The summed E-state index contributed by atoms with van der Waals surface area (Å²) in [6.45, 7) is 4.99. The third-order valence-corrected chi connectivity index (χ3v) is 3.82. The van der Waals surface area contributed by atoms with Crippen LogP contribution in [0.4, 0.5) is 10.8 Å². The lowest BCUT2D eigenvalue weighted by atomic mass is 10.1. The molecule has 0 radical (unpaired) electrons. The fraction of sp³-hybridized carbons (Fsp3) is 0.308. The fourth-order valence-electron chi connectivity index (χ4n) is 1.76. The Morgan fingerprint density at radius 1 is 1.29 bits per heavy atom. The summed E-state index contributed by atoms with van der Waals surface area (Å²) in [5.41, 5.74) is 9.49. The monoisotopic (exact) mass is 247 g/mol. The molecule has 2 aromatic rings. The van der Waals surface area contributed by atoms with Gasteiger partial charge in [0.05, 0.1) is 0 Å². The highest BCUT2D eigenvalue weighted by Gasteiger charge is 2.06. The molecule has 2 rings (SSSR count). The van der Waals surface area contributed by atoms with Gasteiger partial charge in [0.2, 0.25) is 0 Å². The van der Waals surface area contributed by atoms with Gasteiger partial charge in [0.15, 0.2) is 0 Å². The zero-order valence-electron chi connectivity index (χ0n) is 10.2. The summed E-state index contributed by atoms with van der Waals surface area (Å²) in [7, 11) is 0. The van der Waals surface area contributed by atoms with E-state index in [1.807, 2.05) is 6.92 Å². The van der Waals surface area contributed by atoms with Crippen LogP contribution in [0.25, 0.3) is 0 Å². The molecule has 4 heteroatoms. The van der Waals surface area contributed by atoms with Crippen molar-refractivity contribution in [3.8, 4) is 0 Å². The molecule has 0 atom stereocenters. The van der Waals surface area contributed by atoms with Crippen LogP contribution >= 0.6 is 11.5 Å². The third-order valence-electron chi connectivity index (χ3n) is 2.90. The smallest absolute Gasteiger partial charge is 0.142 e. The summed E-state index contributed by atoms with van der Waals surface area (Å²) in [6, 6.07) is 8.48. The van der Waals surface area contributed by atoms with E-state index in [-0.39, 0.29) is 0 Å². The highest BCUT2D eigenvalue weighted by Crippen LogP contribution is 2.26. The van der Waals surface area contributed by atoms with E-state index in [2.05, 4.69) is 40.9 Å². The highest BCUT2D eigenvalue weighted by atomic mass is 32.1. The second kappa shape index (κ2) is 5.19. The molecule has 0 aliphatic heterocycles. The van der Waals surface area contributed by atoms with Crippen molar-refractivity contribution in [1.82, 2.24) is 4.37 Å². The van der Waals surface area contributed by atoms with E-state index >= 15 is 0 Å². The first kappa shape index (κ1) is 11.9. The average molecular weight is 247 g/mol. The minimum atomic E-state index is 0.626. The van der Waals surface area contributed by atoms with Gasteiger partial charge in [-0.05, 0) is 36.0 Å². The van der Waals surface area contributed by atoms with E-state index in [1.54, 1.807) is 0 Å². The highest BCUT2D eigenvalue weighted by molar-refractivity contribution is 7.10. The standard InChI is InChI=1S/C13H17N3S/c1-3-10-6-4-5-7-11(10)8-15-13-9(2)12(14)16-17-13/h4-7,15H,3,8H2,1-2H3,(H2,14,16). The van der Waals surface area contributed by atoms with Crippen molar-refractivity contribution < 1.29 is 0 Å². The first-order valence-electron chi connectivity index (χ1n) is 5.74. The maximum atomic E-state index is 5.72. The molecule has 0 fully saturated rings. The minimum absolute atomic E-state index is 0.626. The molecule has 0 aliphatic carbocycles. The normalized spacial score (nSPS) is 10.5. The van der Waals surface area contributed by atoms with Gasteiger partial charge in [0.25, 0.3) is 0 Å². The zero-order valence-corrected chi connectivity index (χ0v) is 11.0. The number of hydrogen-bond acceptors (Lipinski definition) is 4. The van der Waals surface area contributed by atoms with Gasteiger partial charge in [0.1, 0.15) is 10.8 Å². The van der Waals surface area contributed by atoms with Crippen molar-refractivity contribution in [3.63, 3.8) is 0 Å². The van der Waals surface area contributed by atoms with Crippen LogP contribution < -0.4 is 11.1 Å². The predicted octanol–water partition coefficient (Wildman–Crippen LogP) is 3.21. The first-order valence-corrected chi connectivity index (χ1v) is 6.52. The van der Waals surface area contributed by atoms with Crippen LogP contribution in [0, 0.1) is 6.92 Å². The quantitative estimate of drug-likeness (QED) is 0.872. The summed E-state index contributed by atoms with van der Waals surface area (Å²) >= 11 is 1.42. The van der Waals surface area contributed by atoms with Gasteiger partial charge in [-0.2, -0.15) is 4.37 Å². The Bertz CT molecular complexity index is 505. The number of anilines is 2. The Morgan fingerprint density at radius 2 is 2.00 bits per heavy atom. The Kier molecular flexibility index (Phi) is 3.64. The molecule has 0 amide bonds. The predicted molar refractivity (Wildman–Crippen MR) is 74.4 cm³/mol. The summed E-state index contributed by atoms with van der Waals surface area (Å²) in [5, 5.41) is 4.46. The van der Waals surface area contributed by atoms with Gasteiger partial charge in [-0.15, -0.1) is 0 Å². The van der Waals surface area contributed by atoms with Crippen LogP contribution in [-0.4, -0.2) is 4.37 Å². The molecule has 17 heavy (non-hydrogen) atoms. The molecule has 1 heterocycles. The molecule has 1 aromatic carbocycles. The minimum Gasteiger partial charge on any atom is -0.383 e. The first-order chi connectivity index (χ1) is 8.22. The van der Waals surface area contributed by atoms with Crippen LogP contribution in [-0.2, 0) is 13.0 Å². The number of aromatic nitrogens is 1. The topological polar surface area (TPSA) is 50.9 Å². The van der Waals surface area contributed by atoms with Gasteiger partial charge >= 0.3 is 0 Å². The summed E-state index contributed by atoms with van der Waals surface area (Å²) < 4.78 is 4.13. The zero-order chi connectivity index (χ0) is 12.3. The van der Waals surface area contributed by atoms with Crippen molar-refractivity contribution in [3.05, 3.63) is 41.0 Å². The van der Waals surface area contributed by atoms with Gasteiger partial charge < -0.3 is 11.1 Å². The second-order valence-corrected chi connectivity index (χ2v) is 4.77. The van der Waals surface area contributed by atoms with E-state index in [0.29, 0.717) is 5.82 Å². The molecular formula is C13H17N3S. The van der Waals surface area contributed by atoms with E-state index in [9.17, 15) is 0 Å². The molecule has 3 nitrogen and oxygen atoms in total. The molecule has 0 spiro atoms. The van der Waals surface area contributed by atoms with Crippen molar-refractivity contribution in [1.29, 1.82) is 0 Å². The number of nitrogens with two attached hydrogens (primary N) is 1. The maximum Gasteiger partial charge on any atom is 0.142 e. The second-order valence-electron chi connectivity index (χ2n) is 4.00. The van der Waals surface area contributed by atoms with Crippen LogP contribution in [0.3, 0.4) is 0 Å². The van der Waals surface area contributed by atoms with Crippen molar-refractivity contribution in [2.45, 2.75) is 26.8 Å². The molecule has 1 aromatic heterocycles. The summed E-state index contributed by atoms with van der Waals surface area (Å²) in [5.74, 6) is 0.626. The lowest BCUT2D eigenvalue weighted by Gasteiger charge is -2.09. The van der Waals surface area contributed by atoms with Gasteiger partial charge in [-0.1, -0.05) is 31.2 Å². The molecule has 0 saturated heterocycles. The Balaban J connectivity index is 2.10. The number of aryl methyl sites for hydroxylation is 1. The van der Waals surface area contributed by atoms with E-state index in [0.717, 1.165) is 23.5 Å². The van der Waals surface area contributed by atoms with Gasteiger partial charge in [0, 0.05) is 12.1 Å². The van der Waals surface area contributed by atoms with Crippen LogP contribution in [0.2, 0.25) is 0 Å². The fourth-order valence-corrected chi connectivity index (χ4v) is 2.47. The van der Waals surface area contributed by atoms with Crippen molar-refractivity contribution >= 4 is 22.4 Å². The van der Waals surface area contributed by atoms with Crippen LogP contribution in [0.15, 0.2) is 24.3 Å². The SMILES string of the molecule is CCc1ccccc1CNc1snc(N)c1C. The molecule has 0 bridgehead atoms. The molecule has 3 N–H and O–H groups in total. The van der Waals surface area contributed by atoms with E-state index in [1.165, 1.54) is 22.7 Å². The summed E-state index contributed by atoms with van der Waals surface area (Å²) in [6.07, 6.45) is 1.06. The number of benzene rings is 1. The van der Waals surface area contributed by atoms with Gasteiger partial charge in [-0.25, -0.2) is 0 Å². The van der Waals surface area contributed by atoms with Crippen LogP contribution in [0.5, 0.6) is 0 Å². The molecule has 90 valence electrons. The lowest BCUT2D eigenvalue weighted by molar-refractivity contribution is 1.05. The Hall–Kier alpha value is -1.55. The number of hydrogen-bond donors (Lipinski definition) is 2. The van der Waals surface area contributed by atoms with E-state index < -0.39 is 0 Å². The van der Waals surface area contributed by atoms with Crippen molar-refractivity contribution in [2.24, 2.45) is 0 Å². The largest absolute Gasteiger partial charge is 0.383 e. The molecule has 0 unspecified atom stereocenters. The summed E-state index contributed by atoms with van der Waals surface area (Å²) in [4.78, 5) is 0. The molecule has 0 saturated carbocycles. The van der Waals surface area contributed by atoms with Crippen molar-refractivity contribution in [2.75, 3.05) is 11.1 Å². The van der Waals surface area contributed by atoms with Gasteiger partial charge in [-0.3, -0.25) is 0 Å². The Labute approximate surface area is 106 Å². The number of nitrogen functional groups attached to an aromatic ring is 1.